The predicted molar refractivity (Wildman–Crippen MR) is 97.4 cm³/mol. The molecular formula is C18H15ClN6. The van der Waals surface area contributed by atoms with Crippen LogP contribution in [0.25, 0.3) is 0 Å². The minimum atomic E-state index is 0.568. The molecule has 2 aliphatic rings. The average Bonchev–Trinajstić information content (AvgIpc) is 3.42. The number of aromatic nitrogens is 4. The van der Waals surface area contributed by atoms with E-state index in [1.165, 1.54) is 12.8 Å². The van der Waals surface area contributed by atoms with Gasteiger partial charge >= 0.3 is 0 Å². The number of H-pyrrole nitrogens is 1. The third-order valence-corrected chi connectivity index (χ3v) is 4.92. The highest BCUT2D eigenvalue weighted by Crippen LogP contribution is 2.42. The number of hydrogen-bond donors (Lipinski definition) is 2. The van der Waals surface area contributed by atoms with Crippen molar-refractivity contribution in [3.05, 3.63) is 58.3 Å². The molecule has 0 saturated heterocycles. The van der Waals surface area contributed by atoms with Crippen LogP contribution in [-0.2, 0) is 0 Å². The lowest BCUT2D eigenvalue weighted by molar-refractivity contribution is 1.02. The molecular weight excluding hydrogens is 336 g/mol. The predicted octanol–water partition coefficient (Wildman–Crippen LogP) is 4.27. The van der Waals surface area contributed by atoms with Gasteiger partial charge in [0, 0.05) is 41.3 Å². The number of halogens is 1. The number of anilines is 2. The van der Waals surface area contributed by atoms with Crippen LogP contribution in [0.4, 0.5) is 17.2 Å². The molecule has 1 saturated carbocycles. The monoisotopic (exact) mass is 350 g/mol. The number of aliphatic imine (C=N–C) groups is 1. The average molecular weight is 351 g/mol. The quantitative estimate of drug-likeness (QED) is 0.566. The van der Waals surface area contributed by atoms with E-state index in [0.29, 0.717) is 16.8 Å². The number of pyridine rings is 2. The van der Waals surface area contributed by atoms with Crippen LogP contribution < -0.4 is 5.32 Å². The van der Waals surface area contributed by atoms with Crippen LogP contribution in [0.3, 0.4) is 0 Å². The number of aryl methyl sites for hydroxylation is 1. The molecule has 0 unspecified atom stereocenters. The molecule has 0 atom stereocenters. The molecule has 6 nitrogen and oxygen atoms in total. The lowest BCUT2D eigenvalue weighted by atomic mass is 10.0. The lowest BCUT2D eigenvalue weighted by Crippen LogP contribution is -2.08. The maximum atomic E-state index is 6.42. The summed E-state index contributed by atoms with van der Waals surface area (Å²) in [6.07, 6.45) is 7.69. The second-order valence-corrected chi connectivity index (χ2v) is 6.82. The number of aromatic amines is 1. The molecule has 2 N–H and O–H groups in total. The molecule has 4 heterocycles. The minimum absolute atomic E-state index is 0.568. The van der Waals surface area contributed by atoms with Crippen molar-refractivity contribution < 1.29 is 0 Å². The first kappa shape index (κ1) is 14.6. The van der Waals surface area contributed by atoms with Crippen molar-refractivity contribution in [2.75, 3.05) is 5.32 Å². The number of nitrogens with one attached hydrogen (secondary N) is 2. The van der Waals surface area contributed by atoms with Crippen LogP contribution in [0.5, 0.6) is 0 Å². The van der Waals surface area contributed by atoms with E-state index in [2.05, 4.69) is 31.5 Å². The molecule has 0 bridgehead atoms. The van der Waals surface area contributed by atoms with Crippen LogP contribution >= 0.6 is 11.6 Å². The van der Waals surface area contributed by atoms with Crippen LogP contribution in [0.2, 0.25) is 5.02 Å². The van der Waals surface area contributed by atoms with Crippen molar-refractivity contribution in [2.24, 2.45) is 4.99 Å². The summed E-state index contributed by atoms with van der Waals surface area (Å²) < 4.78 is 0. The first-order valence-corrected chi connectivity index (χ1v) is 8.59. The zero-order valence-corrected chi connectivity index (χ0v) is 14.3. The first-order valence-electron chi connectivity index (χ1n) is 8.21. The van der Waals surface area contributed by atoms with E-state index < -0.39 is 0 Å². The third-order valence-electron chi connectivity index (χ3n) is 4.59. The van der Waals surface area contributed by atoms with Crippen molar-refractivity contribution in [1.82, 2.24) is 20.2 Å². The van der Waals surface area contributed by atoms with E-state index >= 15 is 0 Å². The molecule has 25 heavy (non-hydrogen) atoms. The smallest absolute Gasteiger partial charge is 0.178 e. The molecule has 124 valence electrons. The van der Waals surface area contributed by atoms with Gasteiger partial charge in [-0.2, -0.15) is 5.10 Å². The van der Waals surface area contributed by atoms with Crippen molar-refractivity contribution >= 4 is 34.5 Å². The fraction of sp³-hybridized carbons (Fsp3) is 0.222. The minimum Gasteiger partial charge on any atom is -0.336 e. The Morgan fingerprint density at radius 3 is 2.88 bits per heavy atom. The van der Waals surface area contributed by atoms with Crippen LogP contribution in [0.15, 0.2) is 35.7 Å². The number of hydrogen-bond acceptors (Lipinski definition) is 5. The Hall–Kier alpha value is -2.73. The SMILES string of the molecule is Cc1[nH]nc2c1N=C(c1cnccc1Cl)c1cnc(C3CC3)cc1N2. The Morgan fingerprint density at radius 2 is 2.08 bits per heavy atom. The molecule has 0 amide bonds. The Morgan fingerprint density at radius 1 is 1.20 bits per heavy atom. The van der Waals surface area contributed by atoms with E-state index in [9.17, 15) is 0 Å². The zero-order chi connectivity index (χ0) is 17.0. The second-order valence-electron chi connectivity index (χ2n) is 6.42. The van der Waals surface area contributed by atoms with Gasteiger partial charge in [0.2, 0.25) is 0 Å². The summed E-state index contributed by atoms with van der Waals surface area (Å²) in [6.45, 7) is 1.95. The summed E-state index contributed by atoms with van der Waals surface area (Å²) in [5.74, 6) is 1.28. The Balaban J connectivity index is 1.76. The summed E-state index contributed by atoms with van der Waals surface area (Å²) in [5, 5.41) is 11.3. The van der Waals surface area contributed by atoms with Gasteiger partial charge in [-0.05, 0) is 31.9 Å². The van der Waals surface area contributed by atoms with Crippen LogP contribution in [0.1, 0.15) is 41.3 Å². The highest BCUT2D eigenvalue weighted by molar-refractivity contribution is 6.36. The summed E-state index contributed by atoms with van der Waals surface area (Å²) in [5.41, 5.74) is 6.15. The Kier molecular flexibility index (Phi) is 3.15. The number of rotatable bonds is 2. The van der Waals surface area contributed by atoms with Gasteiger partial charge in [0.15, 0.2) is 5.82 Å². The van der Waals surface area contributed by atoms with Gasteiger partial charge in [-0.1, -0.05) is 11.6 Å². The Bertz CT molecular complexity index is 1020. The van der Waals surface area contributed by atoms with E-state index in [0.717, 1.165) is 39.6 Å². The third kappa shape index (κ3) is 2.41. The zero-order valence-electron chi connectivity index (χ0n) is 13.5. The standard InChI is InChI=1S/C18H15ClN6/c1-9-16-18(25-24-9)22-15-6-14(10-2-3-10)21-8-12(15)17(23-16)11-7-20-5-4-13(11)19/h4-8,10H,2-3H2,1H3,(H2,22,24,25). The fourth-order valence-corrected chi connectivity index (χ4v) is 3.26. The highest BCUT2D eigenvalue weighted by atomic mass is 35.5. The van der Waals surface area contributed by atoms with Gasteiger partial charge < -0.3 is 5.32 Å². The maximum Gasteiger partial charge on any atom is 0.178 e. The Labute approximate surface area is 149 Å². The molecule has 3 aromatic rings. The molecule has 5 rings (SSSR count). The van der Waals surface area contributed by atoms with Crippen molar-refractivity contribution in [1.29, 1.82) is 0 Å². The largest absolute Gasteiger partial charge is 0.336 e. The van der Waals surface area contributed by atoms with Crippen LogP contribution in [0, 0.1) is 6.92 Å². The van der Waals surface area contributed by atoms with Gasteiger partial charge in [0.05, 0.1) is 22.1 Å². The van der Waals surface area contributed by atoms with E-state index in [-0.39, 0.29) is 0 Å². The molecule has 1 aliphatic heterocycles. The summed E-state index contributed by atoms with van der Waals surface area (Å²) in [6, 6.07) is 3.87. The molecule has 1 fully saturated rings. The van der Waals surface area contributed by atoms with Crippen molar-refractivity contribution in [3.63, 3.8) is 0 Å². The number of fused-ring (bicyclic) bond motifs is 2. The topological polar surface area (TPSA) is 78.8 Å². The molecule has 0 spiro atoms. The molecule has 7 heteroatoms. The van der Waals surface area contributed by atoms with Gasteiger partial charge in [-0.3, -0.25) is 15.1 Å². The van der Waals surface area contributed by atoms with E-state index in [1.54, 1.807) is 18.5 Å². The fourth-order valence-electron chi connectivity index (χ4n) is 3.07. The van der Waals surface area contributed by atoms with Gasteiger partial charge in [-0.25, -0.2) is 4.99 Å². The number of nitrogens with zero attached hydrogens (tertiary/aromatic N) is 4. The summed E-state index contributed by atoms with van der Waals surface area (Å²) in [7, 11) is 0. The molecule has 0 radical (unpaired) electrons. The molecule has 0 aromatic carbocycles. The van der Waals surface area contributed by atoms with Crippen molar-refractivity contribution in [3.8, 4) is 0 Å². The second kappa shape index (κ2) is 5.39. The van der Waals surface area contributed by atoms with Gasteiger partial charge in [0.25, 0.3) is 0 Å². The highest BCUT2D eigenvalue weighted by Gasteiger charge is 2.28. The summed E-state index contributed by atoms with van der Waals surface area (Å²) in [4.78, 5) is 13.7. The molecule has 3 aromatic heterocycles. The van der Waals surface area contributed by atoms with Gasteiger partial charge in [0.1, 0.15) is 5.69 Å². The van der Waals surface area contributed by atoms with Gasteiger partial charge in [-0.15, -0.1) is 0 Å². The molecule has 1 aliphatic carbocycles. The maximum absolute atomic E-state index is 6.42. The normalized spacial score (nSPS) is 15.7. The lowest BCUT2D eigenvalue weighted by Gasteiger charge is -2.12. The van der Waals surface area contributed by atoms with E-state index in [4.69, 9.17) is 16.6 Å². The van der Waals surface area contributed by atoms with E-state index in [1.807, 2.05) is 13.1 Å². The van der Waals surface area contributed by atoms with Crippen LogP contribution in [-0.4, -0.2) is 25.9 Å². The van der Waals surface area contributed by atoms with Crippen molar-refractivity contribution in [2.45, 2.75) is 25.7 Å². The summed E-state index contributed by atoms with van der Waals surface area (Å²) >= 11 is 6.42. The first-order chi connectivity index (χ1) is 12.2.